The molecule has 8 heteroatoms. The second-order valence-electron chi connectivity index (χ2n) is 7.52. The van der Waals surface area contributed by atoms with E-state index in [1.54, 1.807) is 24.3 Å². The third kappa shape index (κ3) is 4.75. The highest BCUT2D eigenvalue weighted by molar-refractivity contribution is 6.33. The molecule has 0 radical (unpaired) electrons. The Bertz CT molecular complexity index is 1110. The van der Waals surface area contributed by atoms with Crippen LogP contribution in [0, 0.1) is 6.92 Å². The van der Waals surface area contributed by atoms with Gasteiger partial charge in [0.25, 0.3) is 5.91 Å². The van der Waals surface area contributed by atoms with Crippen LogP contribution in [0.25, 0.3) is 0 Å². The summed E-state index contributed by atoms with van der Waals surface area (Å²) in [5.41, 5.74) is 1.57. The lowest BCUT2D eigenvalue weighted by Gasteiger charge is -2.40. The smallest absolute Gasteiger partial charge is 0.255 e. The van der Waals surface area contributed by atoms with Crippen molar-refractivity contribution in [1.82, 2.24) is 14.9 Å². The number of benzene rings is 2. The first kappa shape index (κ1) is 21.4. The van der Waals surface area contributed by atoms with E-state index in [0.717, 1.165) is 11.4 Å². The van der Waals surface area contributed by atoms with Gasteiger partial charge in [0, 0.05) is 31.7 Å². The summed E-state index contributed by atoms with van der Waals surface area (Å²) in [5.74, 6) is 1.65. The monoisotopic (exact) mass is 456 g/mol. The van der Waals surface area contributed by atoms with E-state index in [0.29, 0.717) is 46.9 Å². The van der Waals surface area contributed by atoms with Crippen molar-refractivity contribution in [2.24, 2.45) is 0 Å². The molecule has 0 N–H and O–H groups in total. The molecule has 1 saturated heterocycles. The first-order chi connectivity index (χ1) is 14.9. The second kappa shape index (κ2) is 9.12. The molecule has 1 aliphatic rings. The van der Waals surface area contributed by atoms with Gasteiger partial charge in [-0.25, -0.2) is 9.97 Å². The minimum absolute atomic E-state index is 0.0110. The molecule has 2 heterocycles. The number of hydrogen-bond acceptors (Lipinski definition) is 5. The zero-order chi connectivity index (χ0) is 22.0. The molecule has 2 aromatic carbocycles. The van der Waals surface area contributed by atoms with Gasteiger partial charge in [-0.1, -0.05) is 41.4 Å². The van der Waals surface area contributed by atoms with Crippen LogP contribution in [0.5, 0.6) is 11.6 Å². The number of aryl methyl sites for hydroxylation is 1. The summed E-state index contributed by atoms with van der Waals surface area (Å²) in [6.07, 6.45) is 1.47. The van der Waals surface area contributed by atoms with Crippen molar-refractivity contribution in [1.29, 1.82) is 0 Å². The van der Waals surface area contributed by atoms with E-state index >= 15 is 0 Å². The number of piperazine rings is 1. The molecule has 3 aromatic rings. The van der Waals surface area contributed by atoms with E-state index in [1.165, 1.54) is 6.33 Å². The van der Waals surface area contributed by atoms with Gasteiger partial charge in [0.05, 0.1) is 15.6 Å². The Morgan fingerprint density at radius 1 is 1.06 bits per heavy atom. The summed E-state index contributed by atoms with van der Waals surface area (Å²) >= 11 is 12.5. The average Bonchev–Trinajstić information content (AvgIpc) is 2.76. The average molecular weight is 457 g/mol. The predicted octanol–water partition coefficient (Wildman–Crippen LogP) is 5.24. The minimum atomic E-state index is -0.0569. The van der Waals surface area contributed by atoms with Gasteiger partial charge in [-0.15, -0.1) is 0 Å². The molecule has 160 valence electrons. The molecule has 0 aliphatic carbocycles. The van der Waals surface area contributed by atoms with E-state index in [-0.39, 0.29) is 11.9 Å². The molecule has 6 nitrogen and oxygen atoms in total. The van der Waals surface area contributed by atoms with Crippen molar-refractivity contribution in [2.45, 2.75) is 19.9 Å². The number of halogens is 2. The second-order valence-corrected chi connectivity index (χ2v) is 8.34. The van der Waals surface area contributed by atoms with Crippen LogP contribution < -0.4 is 9.64 Å². The van der Waals surface area contributed by atoms with Gasteiger partial charge in [0.2, 0.25) is 5.88 Å². The molecule has 0 unspecified atom stereocenters. The molecule has 0 saturated carbocycles. The fourth-order valence-electron chi connectivity index (χ4n) is 3.62. The number of carbonyl (C=O) groups excluding carboxylic acids is 1. The predicted molar refractivity (Wildman–Crippen MR) is 122 cm³/mol. The van der Waals surface area contributed by atoms with E-state index in [9.17, 15) is 4.79 Å². The number of nitrogens with zero attached hydrogens (tertiary/aromatic N) is 4. The third-order valence-corrected chi connectivity index (χ3v) is 5.89. The van der Waals surface area contributed by atoms with Crippen LogP contribution in [0.15, 0.2) is 54.9 Å². The number of anilines is 1. The van der Waals surface area contributed by atoms with Crippen molar-refractivity contribution in [2.75, 3.05) is 24.5 Å². The summed E-state index contributed by atoms with van der Waals surface area (Å²) in [5, 5.41) is 0.987. The molecule has 1 aromatic heterocycles. The Kier molecular flexibility index (Phi) is 6.30. The van der Waals surface area contributed by atoms with Crippen LogP contribution >= 0.6 is 23.2 Å². The lowest BCUT2D eigenvalue weighted by Crippen LogP contribution is -2.54. The summed E-state index contributed by atoms with van der Waals surface area (Å²) in [4.78, 5) is 25.5. The standard InChI is InChI=1S/C23H22Cl2N4O2/c1-15-7-8-19(25)20(11-15)31-22-12-21(26-14-27-22)28-9-10-29(16(2)13-28)23(30)17-5-3-4-6-18(17)24/h3-8,11-12,14,16H,9-10,13H2,1-2H3/t16-/m0/s1. The Hall–Kier alpha value is -2.83. The van der Waals surface area contributed by atoms with Gasteiger partial charge in [0.15, 0.2) is 0 Å². The summed E-state index contributed by atoms with van der Waals surface area (Å²) in [7, 11) is 0. The maximum atomic E-state index is 13.0. The van der Waals surface area contributed by atoms with Crippen LogP contribution in [0.3, 0.4) is 0 Å². The highest BCUT2D eigenvalue weighted by Gasteiger charge is 2.29. The van der Waals surface area contributed by atoms with Crippen molar-refractivity contribution >= 4 is 34.9 Å². The van der Waals surface area contributed by atoms with Gasteiger partial charge in [-0.05, 0) is 43.7 Å². The van der Waals surface area contributed by atoms with E-state index in [1.807, 2.05) is 43.0 Å². The van der Waals surface area contributed by atoms with Crippen LogP contribution in [0.4, 0.5) is 5.82 Å². The number of rotatable bonds is 4. The highest BCUT2D eigenvalue weighted by Crippen LogP contribution is 2.30. The van der Waals surface area contributed by atoms with Crippen LogP contribution in [0.2, 0.25) is 10.0 Å². The Morgan fingerprint density at radius 3 is 2.65 bits per heavy atom. The number of aromatic nitrogens is 2. The first-order valence-corrected chi connectivity index (χ1v) is 10.7. The van der Waals surface area contributed by atoms with Crippen molar-refractivity contribution < 1.29 is 9.53 Å². The zero-order valence-electron chi connectivity index (χ0n) is 17.3. The van der Waals surface area contributed by atoms with Crippen LogP contribution in [-0.2, 0) is 0 Å². The maximum Gasteiger partial charge on any atom is 0.255 e. The molecule has 0 bridgehead atoms. The quantitative estimate of drug-likeness (QED) is 0.537. The van der Waals surface area contributed by atoms with Crippen molar-refractivity contribution in [3.63, 3.8) is 0 Å². The van der Waals surface area contributed by atoms with Gasteiger partial charge in [-0.2, -0.15) is 0 Å². The molecule has 1 amide bonds. The highest BCUT2D eigenvalue weighted by atomic mass is 35.5. The first-order valence-electron chi connectivity index (χ1n) is 9.99. The summed E-state index contributed by atoms with van der Waals surface area (Å²) in [6, 6.07) is 14.5. The lowest BCUT2D eigenvalue weighted by atomic mass is 10.1. The van der Waals surface area contributed by atoms with E-state index in [2.05, 4.69) is 14.9 Å². The molecular formula is C23H22Cl2N4O2. The van der Waals surface area contributed by atoms with Gasteiger partial charge in [-0.3, -0.25) is 4.79 Å². The Labute approximate surface area is 191 Å². The van der Waals surface area contributed by atoms with Gasteiger partial charge >= 0.3 is 0 Å². The Morgan fingerprint density at radius 2 is 1.87 bits per heavy atom. The normalized spacial score (nSPS) is 16.3. The molecule has 1 aliphatic heterocycles. The third-order valence-electron chi connectivity index (χ3n) is 5.25. The van der Waals surface area contributed by atoms with Crippen LogP contribution in [0.1, 0.15) is 22.8 Å². The molecule has 1 fully saturated rings. The van der Waals surface area contributed by atoms with Gasteiger partial charge in [0.1, 0.15) is 17.9 Å². The molecule has 0 spiro atoms. The van der Waals surface area contributed by atoms with Crippen molar-refractivity contribution in [3.05, 3.63) is 76.0 Å². The molecular weight excluding hydrogens is 435 g/mol. The van der Waals surface area contributed by atoms with E-state index in [4.69, 9.17) is 27.9 Å². The topological polar surface area (TPSA) is 58.6 Å². The Balaban J connectivity index is 1.47. The lowest BCUT2D eigenvalue weighted by molar-refractivity contribution is 0.0674. The van der Waals surface area contributed by atoms with E-state index < -0.39 is 0 Å². The fourth-order valence-corrected chi connectivity index (χ4v) is 3.99. The molecule has 31 heavy (non-hydrogen) atoms. The zero-order valence-corrected chi connectivity index (χ0v) is 18.8. The molecule has 4 rings (SSSR count). The minimum Gasteiger partial charge on any atom is -0.437 e. The SMILES string of the molecule is Cc1ccc(Cl)c(Oc2cc(N3CCN(C(=O)c4ccccc4Cl)[C@@H](C)C3)ncn2)c1. The van der Waals surface area contributed by atoms with Crippen LogP contribution in [-0.4, -0.2) is 46.5 Å². The number of carbonyl (C=O) groups is 1. The molecule has 1 atom stereocenters. The van der Waals surface area contributed by atoms with Crippen molar-refractivity contribution in [3.8, 4) is 11.6 Å². The van der Waals surface area contributed by atoms with Gasteiger partial charge < -0.3 is 14.5 Å². The summed E-state index contributed by atoms with van der Waals surface area (Å²) < 4.78 is 5.89. The fraction of sp³-hybridized carbons (Fsp3) is 0.261. The number of amides is 1. The maximum absolute atomic E-state index is 13.0. The number of ether oxygens (including phenoxy) is 1. The summed E-state index contributed by atoms with van der Waals surface area (Å²) in [6.45, 7) is 5.83. The number of hydrogen-bond donors (Lipinski definition) is 0. The largest absolute Gasteiger partial charge is 0.437 e.